The number of nitrogens with zero attached hydrogens (tertiary/aromatic N) is 4. The number of fused-ring (bicyclic) bond motifs is 2. The lowest BCUT2D eigenvalue weighted by molar-refractivity contribution is 0.102. The number of rotatable bonds is 4. The molecule has 0 aromatic carbocycles. The predicted octanol–water partition coefficient (Wildman–Crippen LogP) is 5.49. The van der Waals surface area contributed by atoms with Crippen LogP contribution in [0.4, 0.5) is 0 Å². The van der Waals surface area contributed by atoms with Crippen LogP contribution in [0.5, 0.6) is 0 Å². The van der Waals surface area contributed by atoms with Gasteiger partial charge in [0.25, 0.3) is 0 Å². The number of carbonyl (C=O) groups is 1. The molecular formula is C24H16N6OS. The molecule has 0 aliphatic carbocycles. The lowest BCUT2D eigenvalue weighted by atomic mass is 10.1. The van der Waals surface area contributed by atoms with E-state index in [1.54, 1.807) is 25.5 Å². The fourth-order valence-corrected chi connectivity index (χ4v) is 4.76. The van der Waals surface area contributed by atoms with Crippen LogP contribution in [0.15, 0.2) is 67.3 Å². The number of thiophene rings is 1. The van der Waals surface area contributed by atoms with Crippen molar-refractivity contribution in [2.45, 2.75) is 6.92 Å². The lowest BCUT2D eigenvalue weighted by Gasteiger charge is -2.01. The zero-order chi connectivity index (χ0) is 21.7. The molecule has 8 heteroatoms. The second-order valence-corrected chi connectivity index (χ2v) is 8.54. The summed E-state index contributed by atoms with van der Waals surface area (Å²) in [7, 11) is 0. The molecule has 0 bridgehead atoms. The highest BCUT2D eigenvalue weighted by Crippen LogP contribution is 2.36. The van der Waals surface area contributed by atoms with E-state index in [0.717, 1.165) is 54.3 Å². The van der Waals surface area contributed by atoms with Crippen LogP contribution >= 0.6 is 11.3 Å². The molecule has 6 aromatic heterocycles. The van der Waals surface area contributed by atoms with Crippen molar-refractivity contribution in [1.82, 2.24) is 30.1 Å². The molecule has 0 saturated heterocycles. The van der Waals surface area contributed by atoms with Gasteiger partial charge >= 0.3 is 0 Å². The Morgan fingerprint density at radius 1 is 0.938 bits per heavy atom. The third-order valence-electron chi connectivity index (χ3n) is 5.43. The summed E-state index contributed by atoms with van der Waals surface area (Å²) in [6, 6.07) is 13.8. The Kier molecular flexibility index (Phi) is 4.19. The first-order chi connectivity index (χ1) is 15.7. The summed E-state index contributed by atoms with van der Waals surface area (Å²) in [6.45, 7) is 1.58. The predicted molar refractivity (Wildman–Crippen MR) is 126 cm³/mol. The Bertz CT molecular complexity index is 1610. The van der Waals surface area contributed by atoms with Crippen LogP contribution in [0.2, 0.25) is 0 Å². The number of hydrogen-bond donors (Lipinski definition) is 2. The topological polar surface area (TPSA) is 100 Å². The van der Waals surface area contributed by atoms with Crippen molar-refractivity contribution in [1.29, 1.82) is 0 Å². The van der Waals surface area contributed by atoms with Crippen molar-refractivity contribution in [3.8, 4) is 33.1 Å². The average Bonchev–Trinajstić information content (AvgIpc) is 3.56. The molecular weight excluding hydrogens is 420 g/mol. The molecule has 0 aliphatic heterocycles. The molecule has 6 rings (SSSR count). The monoisotopic (exact) mass is 436 g/mol. The van der Waals surface area contributed by atoms with E-state index in [2.05, 4.69) is 42.3 Å². The first kappa shape index (κ1) is 18.6. The van der Waals surface area contributed by atoms with Gasteiger partial charge in [0, 0.05) is 46.6 Å². The van der Waals surface area contributed by atoms with Crippen molar-refractivity contribution in [2.75, 3.05) is 0 Å². The molecule has 0 saturated carbocycles. The summed E-state index contributed by atoms with van der Waals surface area (Å²) in [5, 5.41) is 9.43. The van der Waals surface area contributed by atoms with Gasteiger partial charge in [-0.3, -0.25) is 19.9 Å². The average molecular weight is 437 g/mol. The van der Waals surface area contributed by atoms with Crippen molar-refractivity contribution in [3.05, 3.63) is 72.1 Å². The quantitative estimate of drug-likeness (QED) is 0.356. The van der Waals surface area contributed by atoms with E-state index >= 15 is 0 Å². The van der Waals surface area contributed by atoms with E-state index in [9.17, 15) is 4.79 Å². The van der Waals surface area contributed by atoms with Gasteiger partial charge in [0.1, 0.15) is 0 Å². The molecule has 32 heavy (non-hydrogen) atoms. The summed E-state index contributed by atoms with van der Waals surface area (Å²) < 4.78 is 0. The van der Waals surface area contributed by atoms with E-state index in [1.165, 1.54) is 11.3 Å². The Balaban J connectivity index is 1.49. The van der Waals surface area contributed by atoms with Gasteiger partial charge in [0.2, 0.25) is 0 Å². The molecule has 0 aliphatic rings. The van der Waals surface area contributed by atoms with Gasteiger partial charge in [-0.15, -0.1) is 11.3 Å². The van der Waals surface area contributed by atoms with Crippen LogP contribution in [0, 0.1) is 0 Å². The number of ketones is 1. The first-order valence-electron chi connectivity index (χ1n) is 10.0. The fraction of sp³-hybridized carbons (Fsp3) is 0.0417. The molecule has 7 nitrogen and oxygen atoms in total. The molecule has 0 unspecified atom stereocenters. The number of carbonyl (C=O) groups excluding carboxylic acids is 1. The normalized spacial score (nSPS) is 11.4. The maximum Gasteiger partial charge on any atom is 0.181 e. The van der Waals surface area contributed by atoms with Gasteiger partial charge in [-0.1, -0.05) is 0 Å². The Morgan fingerprint density at radius 3 is 2.62 bits per heavy atom. The Labute approximate surface area is 186 Å². The largest absolute Gasteiger partial charge is 0.353 e. The molecule has 0 radical (unpaired) electrons. The Hall–Kier alpha value is -4.17. The van der Waals surface area contributed by atoms with E-state index in [4.69, 9.17) is 0 Å². The molecule has 6 aromatic rings. The SMILES string of the molecule is CC(=O)c1ccc(-c2nccc3[nH]c(-c4[nH]nc5ncc(-c6ccncc6)cc45)cc23)s1. The molecule has 6 heterocycles. The maximum atomic E-state index is 11.7. The van der Waals surface area contributed by atoms with Crippen LogP contribution in [-0.4, -0.2) is 35.9 Å². The van der Waals surface area contributed by atoms with E-state index in [0.29, 0.717) is 5.65 Å². The van der Waals surface area contributed by atoms with Crippen molar-refractivity contribution < 1.29 is 4.79 Å². The molecule has 2 N–H and O–H groups in total. The first-order valence-corrected chi connectivity index (χ1v) is 10.8. The van der Waals surface area contributed by atoms with Gasteiger partial charge in [0.05, 0.1) is 26.8 Å². The maximum absolute atomic E-state index is 11.7. The number of Topliss-reactive ketones (excluding diaryl/α,β-unsaturated/α-hetero) is 1. The van der Waals surface area contributed by atoms with E-state index in [1.807, 2.05) is 36.5 Å². The number of aromatic amines is 2. The fourth-order valence-electron chi connectivity index (χ4n) is 3.85. The van der Waals surface area contributed by atoms with Gasteiger partial charge in [0.15, 0.2) is 11.4 Å². The second kappa shape index (κ2) is 7.21. The molecule has 0 fully saturated rings. The minimum atomic E-state index is 0.0598. The highest BCUT2D eigenvalue weighted by atomic mass is 32.1. The van der Waals surface area contributed by atoms with Crippen molar-refractivity contribution in [3.63, 3.8) is 0 Å². The molecule has 154 valence electrons. The number of hydrogen-bond acceptors (Lipinski definition) is 6. The molecule has 0 atom stereocenters. The number of nitrogens with one attached hydrogen (secondary N) is 2. The van der Waals surface area contributed by atoms with Crippen LogP contribution < -0.4 is 0 Å². The lowest BCUT2D eigenvalue weighted by Crippen LogP contribution is -1.83. The van der Waals surface area contributed by atoms with Crippen LogP contribution in [-0.2, 0) is 0 Å². The summed E-state index contributed by atoms with van der Waals surface area (Å²) in [5.74, 6) is 0.0598. The number of pyridine rings is 3. The third-order valence-corrected chi connectivity index (χ3v) is 6.62. The standard InChI is InChI=1S/C24H16N6OS/c1-13(31)20-2-3-21(32-20)23-16-11-19(28-18(16)6-9-26-23)22-17-10-15(12-27-24(17)30-29-22)14-4-7-25-8-5-14/h2-12,28H,1H3,(H,27,29,30). The highest BCUT2D eigenvalue weighted by Gasteiger charge is 2.16. The summed E-state index contributed by atoms with van der Waals surface area (Å²) in [6.07, 6.45) is 7.13. The minimum Gasteiger partial charge on any atom is -0.353 e. The minimum absolute atomic E-state index is 0.0598. The van der Waals surface area contributed by atoms with Crippen LogP contribution in [0.1, 0.15) is 16.6 Å². The van der Waals surface area contributed by atoms with Gasteiger partial charge < -0.3 is 4.98 Å². The zero-order valence-corrected chi connectivity index (χ0v) is 17.8. The van der Waals surface area contributed by atoms with Gasteiger partial charge in [-0.2, -0.15) is 5.10 Å². The number of aromatic nitrogens is 6. The van der Waals surface area contributed by atoms with E-state index in [-0.39, 0.29) is 5.78 Å². The summed E-state index contributed by atoms with van der Waals surface area (Å²) in [5.41, 5.74) is 6.26. The van der Waals surface area contributed by atoms with Crippen molar-refractivity contribution >= 4 is 39.1 Å². The van der Waals surface area contributed by atoms with E-state index < -0.39 is 0 Å². The second-order valence-electron chi connectivity index (χ2n) is 7.45. The van der Waals surface area contributed by atoms with Crippen LogP contribution in [0.3, 0.4) is 0 Å². The summed E-state index contributed by atoms with van der Waals surface area (Å²) in [4.78, 5) is 30.1. The van der Waals surface area contributed by atoms with Crippen molar-refractivity contribution in [2.24, 2.45) is 0 Å². The van der Waals surface area contributed by atoms with Gasteiger partial charge in [-0.05, 0) is 55.0 Å². The molecule has 0 amide bonds. The number of H-pyrrole nitrogens is 2. The Morgan fingerprint density at radius 2 is 1.81 bits per heavy atom. The van der Waals surface area contributed by atoms with Crippen LogP contribution in [0.25, 0.3) is 55.0 Å². The zero-order valence-electron chi connectivity index (χ0n) is 17.0. The third kappa shape index (κ3) is 3.00. The highest BCUT2D eigenvalue weighted by molar-refractivity contribution is 7.17. The smallest absolute Gasteiger partial charge is 0.181 e. The molecule has 0 spiro atoms. The van der Waals surface area contributed by atoms with Gasteiger partial charge in [-0.25, -0.2) is 4.98 Å². The summed E-state index contributed by atoms with van der Waals surface area (Å²) >= 11 is 1.46.